The summed E-state index contributed by atoms with van der Waals surface area (Å²) >= 11 is 0. The number of hydrogen-bond acceptors (Lipinski definition) is 7. The zero-order chi connectivity index (χ0) is 42.9. The molecule has 324 valence electrons. The Balaban J connectivity index is 1.01. The molecule has 3 amide bonds. The number of benzene rings is 3. The molecule has 4 aliphatic rings. The molecule has 1 aliphatic carbocycles. The molecule has 0 radical (unpaired) electrons. The molecule has 1 N–H and O–H groups in total. The summed E-state index contributed by atoms with van der Waals surface area (Å²) in [5.41, 5.74) is -2.68. The number of amides is 3. The number of piperidine rings is 1. The van der Waals surface area contributed by atoms with Crippen LogP contribution in [0, 0.1) is 5.82 Å². The van der Waals surface area contributed by atoms with Gasteiger partial charge in [-0.05, 0) is 92.2 Å². The van der Waals surface area contributed by atoms with Gasteiger partial charge in [-0.1, -0.05) is 36.4 Å². The summed E-state index contributed by atoms with van der Waals surface area (Å²) in [6.45, 7) is 3.84. The summed E-state index contributed by atoms with van der Waals surface area (Å²) in [5.74, 6) is -1.67. The average Bonchev–Trinajstić information content (AvgIpc) is 3.79. The quantitative estimate of drug-likeness (QED) is 0.230. The second-order valence-corrected chi connectivity index (χ2v) is 16.2. The summed E-state index contributed by atoms with van der Waals surface area (Å²) in [5, 5.41) is 3.05. The summed E-state index contributed by atoms with van der Waals surface area (Å²) in [7, 11) is 1.74. The first-order valence-corrected chi connectivity index (χ1v) is 20.1. The van der Waals surface area contributed by atoms with E-state index < -0.39 is 53.1 Å². The Morgan fingerprint density at radius 1 is 0.933 bits per heavy atom. The van der Waals surface area contributed by atoms with E-state index in [1.54, 1.807) is 16.8 Å². The Bertz CT molecular complexity index is 2010. The van der Waals surface area contributed by atoms with Crippen molar-refractivity contribution in [3.63, 3.8) is 0 Å². The SMILES string of the molecule is CN(CCCN1CCNCC1=O)C(=O)CO[C@H]1Cc2ccccc2C12CCN(CC[C@@]1(c3ccc(F)cc3)CN(C(=O)c3cc(C(F)(F)F)cc(C(F)(F)F)c3)CO1)CC2. The summed E-state index contributed by atoms with van der Waals surface area (Å²) in [6.07, 6.45) is -7.48. The molecule has 3 aromatic carbocycles. The van der Waals surface area contributed by atoms with Crippen LogP contribution in [0.15, 0.2) is 66.7 Å². The van der Waals surface area contributed by atoms with Crippen LogP contribution < -0.4 is 5.32 Å². The lowest BCUT2D eigenvalue weighted by atomic mass is 9.72. The number of hydrogen-bond donors (Lipinski definition) is 1. The van der Waals surface area contributed by atoms with Crippen LogP contribution in [0.2, 0.25) is 0 Å². The highest BCUT2D eigenvalue weighted by Gasteiger charge is 2.50. The third kappa shape index (κ3) is 9.33. The van der Waals surface area contributed by atoms with Gasteiger partial charge in [0.25, 0.3) is 5.91 Å². The topological polar surface area (TPSA) is 94.7 Å². The second-order valence-electron chi connectivity index (χ2n) is 16.2. The van der Waals surface area contributed by atoms with E-state index in [2.05, 4.69) is 22.3 Å². The largest absolute Gasteiger partial charge is 0.416 e. The first-order chi connectivity index (χ1) is 28.5. The smallest absolute Gasteiger partial charge is 0.367 e. The van der Waals surface area contributed by atoms with E-state index in [1.807, 2.05) is 12.1 Å². The zero-order valence-electron chi connectivity index (χ0n) is 33.2. The van der Waals surface area contributed by atoms with E-state index in [1.165, 1.54) is 35.4 Å². The minimum atomic E-state index is -5.13. The van der Waals surface area contributed by atoms with Crippen molar-refractivity contribution in [1.29, 1.82) is 0 Å². The molecule has 7 rings (SSSR count). The summed E-state index contributed by atoms with van der Waals surface area (Å²) < 4.78 is 109. The highest BCUT2D eigenvalue weighted by molar-refractivity contribution is 5.95. The molecule has 0 unspecified atom stereocenters. The van der Waals surface area contributed by atoms with Gasteiger partial charge in [-0.3, -0.25) is 14.4 Å². The maximum absolute atomic E-state index is 14.1. The highest BCUT2D eigenvalue weighted by Crippen LogP contribution is 2.48. The van der Waals surface area contributed by atoms with E-state index >= 15 is 0 Å². The van der Waals surface area contributed by atoms with Gasteiger partial charge in [0, 0.05) is 50.7 Å². The van der Waals surface area contributed by atoms with Crippen molar-refractivity contribution < 1.29 is 54.6 Å². The minimum absolute atomic E-state index is 0.0254. The van der Waals surface area contributed by atoms with Crippen molar-refractivity contribution in [2.45, 2.75) is 61.6 Å². The van der Waals surface area contributed by atoms with Crippen LogP contribution >= 0.6 is 0 Å². The summed E-state index contributed by atoms with van der Waals surface area (Å²) in [6, 6.07) is 14.4. The number of rotatable bonds is 12. The Labute approximate surface area is 343 Å². The predicted octanol–water partition coefficient (Wildman–Crippen LogP) is 5.83. The highest BCUT2D eigenvalue weighted by atomic mass is 19.4. The molecule has 2 atom stereocenters. The molecule has 3 aliphatic heterocycles. The fourth-order valence-electron chi connectivity index (χ4n) is 9.08. The maximum Gasteiger partial charge on any atom is 0.416 e. The van der Waals surface area contributed by atoms with Gasteiger partial charge in [0.2, 0.25) is 11.8 Å². The van der Waals surface area contributed by atoms with E-state index in [0.717, 1.165) is 11.4 Å². The summed E-state index contributed by atoms with van der Waals surface area (Å²) in [4.78, 5) is 45.7. The molecular formula is C43H48F7N5O5. The van der Waals surface area contributed by atoms with Crippen LogP contribution in [0.5, 0.6) is 0 Å². The molecule has 0 aromatic heterocycles. The first-order valence-electron chi connectivity index (χ1n) is 20.1. The number of nitrogens with one attached hydrogen (secondary N) is 1. The van der Waals surface area contributed by atoms with Crippen LogP contribution in [-0.4, -0.2) is 123 Å². The zero-order valence-corrected chi connectivity index (χ0v) is 33.2. The first kappa shape index (κ1) is 43.5. The normalized spacial score (nSPS) is 22.1. The third-order valence-electron chi connectivity index (χ3n) is 12.5. The van der Waals surface area contributed by atoms with Crippen LogP contribution in [0.4, 0.5) is 30.7 Å². The Kier molecular flexibility index (Phi) is 12.6. The third-order valence-corrected chi connectivity index (χ3v) is 12.5. The number of piperazine rings is 1. The number of halogens is 7. The van der Waals surface area contributed by atoms with Gasteiger partial charge >= 0.3 is 12.4 Å². The molecule has 3 heterocycles. The van der Waals surface area contributed by atoms with Gasteiger partial charge in [-0.15, -0.1) is 0 Å². The van der Waals surface area contributed by atoms with Crippen molar-refractivity contribution in [2.75, 3.05) is 79.3 Å². The van der Waals surface area contributed by atoms with Gasteiger partial charge < -0.3 is 34.4 Å². The van der Waals surface area contributed by atoms with Gasteiger partial charge in [-0.2, -0.15) is 26.3 Å². The molecule has 3 saturated heterocycles. The van der Waals surface area contributed by atoms with E-state index in [9.17, 15) is 45.1 Å². The van der Waals surface area contributed by atoms with Gasteiger partial charge in [0.1, 0.15) is 24.8 Å². The number of carbonyl (C=O) groups is 3. The van der Waals surface area contributed by atoms with Gasteiger partial charge in [0.05, 0.1) is 30.3 Å². The number of alkyl halides is 6. The van der Waals surface area contributed by atoms with Crippen LogP contribution in [0.25, 0.3) is 0 Å². The molecule has 3 fully saturated rings. The number of nitrogens with zero attached hydrogens (tertiary/aromatic N) is 4. The molecule has 3 aromatic rings. The van der Waals surface area contributed by atoms with E-state index in [-0.39, 0.29) is 49.0 Å². The van der Waals surface area contributed by atoms with E-state index in [4.69, 9.17) is 9.47 Å². The van der Waals surface area contributed by atoms with Crippen molar-refractivity contribution in [1.82, 2.24) is 24.9 Å². The lowest BCUT2D eigenvalue weighted by Crippen LogP contribution is -2.50. The fourth-order valence-corrected chi connectivity index (χ4v) is 9.08. The molecular weight excluding hydrogens is 799 g/mol. The average molecular weight is 848 g/mol. The molecule has 60 heavy (non-hydrogen) atoms. The predicted molar refractivity (Wildman–Crippen MR) is 205 cm³/mol. The molecule has 17 heteroatoms. The number of likely N-dealkylation sites (N-methyl/N-ethyl adjacent to an activating group) is 1. The van der Waals surface area contributed by atoms with Crippen LogP contribution in [0.1, 0.15) is 63.9 Å². The number of fused-ring (bicyclic) bond motifs is 2. The monoisotopic (exact) mass is 847 g/mol. The molecule has 10 nitrogen and oxygen atoms in total. The number of ether oxygens (including phenoxy) is 2. The molecule has 0 bridgehead atoms. The number of carbonyl (C=O) groups excluding carboxylic acids is 3. The lowest BCUT2D eigenvalue weighted by Gasteiger charge is -2.44. The number of likely N-dealkylation sites (tertiary alicyclic amines) is 1. The second kappa shape index (κ2) is 17.4. The Hall–Kier alpha value is -4.58. The van der Waals surface area contributed by atoms with Crippen molar-refractivity contribution in [2.24, 2.45) is 0 Å². The van der Waals surface area contributed by atoms with Crippen molar-refractivity contribution in [3.05, 3.63) is 106 Å². The Morgan fingerprint density at radius 2 is 1.62 bits per heavy atom. The lowest BCUT2D eigenvalue weighted by molar-refractivity contribution is -0.143. The van der Waals surface area contributed by atoms with E-state index in [0.29, 0.717) is 89.2 Å². The standard InChI is InChI=1S/C43H48F7N5O5/c1-52(15-4-16-54-20-14-51-25-37(54)56)38(57)26-59-36-23-29-5-2-3-6-35(29)40(36)11-17-53(18-12-40)19-13-41(31-7-9-34(44)10-8-31)27-55(28-60-41)39(58)30-21-32(42(45,46)47)24-33(22-30)43(48,49)50/h2-3,5-10,21-22,24,36,51H,4,11-20,23,25-28H2,1H3/t36-,41-/m0/s1. The molecule has 0 saturated carbocycles. The molecule has 1 spiro atoms. The van der Waals surface area contributed by atoms with Crippen LogP contribution in [-0.2, 0) is 48.9 Å². The maximum atomic E-state index is 14.1. The van der Waals surface area contributed by atoms with Crippen LogP contribution in [0.3, 0.4) is 0 Å². The minimum Gasteiger partial charge on any atom is -0.367 e. The Morgan fingerprint density at radius 3 is 2.28 bits per heavy atom. The van der Waals surface area contributed by atoms with Gasteiger partial charge in [0.15, 0.2) is 0 Å². The van der Waals surface area contributed by atoms with Gasteiger partial charge in [-0.25, -0.2) is 4.39 Å². The fraction of sp³-hybridized carbons (Fsp3) is 0.512. The van der Waals surface area contributed by atoms with Crippen molar-refractivity contribution in [3.8, 4) is 0 Å². The van der Waals surface area contributed by atoms with Crippen molar-refractivity contribution >= 4 is 17.7 Å².